The van der Waals surface area contributed by atoms with Gasteiger partial charge in [0.2, 0.25) is 5.88 Å². The smallest absolute Gasteiger partial charge is 0.221 e. The predicted octanol–water partition coefficient (Wildman–Crippen LogP) is 3.00. The number of hydrogen-bond acceptors (Lipinski definition) is 4. The SMILES string of the molecule is Cc1ccc(Oc2ccc(N)c(N)n2)c(Cl)c1. The van der Waals surface area contributed by atoms with Crippen LogP contribution in [0.15, 0.2) is 30.3 Å². The molecule has 0 aliphatic rings. The van der Waals surface area contributed by atoms with Crippen molar-refractivity contribution in [3.8, 4) is 11.6 Å². The molecule has 0 aliphatic carbocycles. The van der Waals surface area contributed by atoms with Gasteiger partial charge in [-0.1, -0.05) is 17.7 Å². The summed E-state index contributed by atoms with van der Waals surface area (Å²) in [5, 5.41) is 0.530. The van der Waals surface area contributed by atoms with E-state index in [0.29, 0.717) is 22.3 Å². The summed E-state index contributed by atoms with van der Waals surface area (Å²) in [6, 6.07) is 8.78. The number of rotatable bonds is 2. The quantitative estimate of drug-likeness (QED) is 0.858. The van der Waals surface area contributed by atoms with Crippen LogP contribution < -0.4 is 16.2 Å². The van der Waals surface area contributed by atoms with Gasteiger partial charge in [-0.15, -0.1) is 0 Å². The number of nitrogens with zero attached hydrogens (tertiary/aromatic N) is 1. The molecular formula is C12H12ClN3O. The Morgan fingerprint density at radius 2 is 1.94 bits per heavy atom. The zero-order chi connectivity index (χ0) is 12.4. The van der Waals surface area contributed by atoms with Gasteiger partial charge in [0.25, 0.3) is 0 Å². The highest BCUT2D eigenvalue weighted by Gasteiger charge is 2.05. The van der Waals surface area contributed by atoms with E-state index in [4.69, 9.17) is 27.8 Å². The lowest BCUT2D eigenvalue weighted by molar-refractivity contribution is 0.464. The number of nitrogen functional groups attached to an aromatic ring is 2. The van der Waals surface area contributed by atoms with Crippen molar-refractivity contribution in [2.45, 2.75) is 6.92 Å². The second-order valence-electron chi connectivity index (χ2n) is 3.66. The van der Waals surface area contributed by atoms with Crippen LogP contribution in [0, 0.1) is 6.92 Å². The fraction of sp³-hybridized carbons (Fsp3) is 0.0833. The minimum absolute atomic E-state index is 0.241. The number of pyridine rings is 1. The molecule has 2 rings (SSSR count). The molecule has 1 heterocycles. The Morgan fingerprint density at radius 1 is 1.18 bits per heavy atom. The third-order valence-electron chi connectivity index (χ3n) is 2.23. The van der Waals surface area contributed by atoms with E-state index in [1.165, 1.54) is 0 Å². The lowest BCUT2D eigenvalue weighted by Gasteiger charge is -2.08. The van der Waals surface area contributed by atoms with Crippen molar-refractivity contribution in [2.75, 3.05) is 11.5 Å². The van der Waals surface area contributed by atoms with Crippen molar-refractivity contribution < 1.29 is 4.74 Å². The zero-order valence-electron chi connectivity index (χ0n) is 9.27. The first-order chi connectivity index (χ1) is 8.06. The van der Waals surface area contributed by atoms with Crippen molar-refractivity contribution >= 4 is 23.1 Å². The largest absolute Gasteiger partial charge is 0.437 e. The zero-order valence-corrected chi connectivity index (χ0v) is 10.0. The molecule has 0 amide bonds. The molecule has 0 radical (unpaired) electrons. The third kappa shape index (κ3) is 2.60. The molecule has 88 valence electrons. The number of anilines is 2. The van der Waals surface area contributed by atoms with E-state index in [-0.39, 0.29) is 5.82 Å². The summed E-state index contributed by atoms with van der Waals surface area (Å²) >= 11 is 6.04. The maximum absolute atomic E-state index is 6.04. The monoisotopic (exact) mass is 249 g/mol. The number of hydrogen-bond donors (Lipinski definition) is 2. The minimum Gasteiger partial charge on any atom is -0.437 e. The van der Waals surface area contributed by atoms with Crippen molar-refractivity contribution in [1.29, 1.82) is 0 Å². The van der Waals surface area contributed by atoms with Crippen LogP contribution >= 0.6 is 11.6 Å². The highest BCUT2D eigenvalue weighted by molar-refractivity contribution is 6.32. The highest BCUT2D eigenvalue weighted by Crippen LogP contribution is 2.30. The van der Waals surface area contributed by atoms with E-state index >= 15 is 0 Å². The van der Waals surface area contributed by atoms with Gasteiger partial charge in [-0.2, -0.15) is 4.98 Å². The lowest BCUT2D eigenvalue weighted by Crippen LogP contribution is -1.99. The molecule has 0 saturated carbocycles. The third-order valence-corrected chi connectivity index (χ3v) is 2.53. The van der Waals surface area contributed by atoms with Gasteiger partial charge in [0.15, 0.2) is 5.82 Å². The molecule has 4 N–H and O–H groups in total. The molecule has 1 aromatic carbocycles. The first-order valence-corrected chi connectivity index (χ1v) is 5.40. The Labute approximate surface area is 104 Å². The van der Waals surface area contributed by atoms with Crippen LogP contribution in [0.3, 0.4) is 0 Å². The summed E-state index contributed by atoms with van der Waals surface area (Å²) < 4.78 is 5.52. The number of halogens is 1. The normalized spacial score (nSPS) is 10.2. The van der Waals surface area contributed by atoms with Crippen molar-refractivity contribution in [3.63, 3.8) is 0 Å². The Kier molecular flexibility index (Phi) is 3.06. The summed E-state index contributed by atoms with van der Waals surface area (Å²) in [6.45, 7) is 1.95. The summed E-state index contributed by atoms with van der Waals surface area (Å²) in [5.41, 5.74) is 12.6. The molecule has 0 bridgehead atoms. The van der Waals surface area contributed by atoms with Crippen molar-refractivity contribution in [3.05, 3.63) is 40.9 Å². The molecule has 0 fully saturated rings. The molecule has 2 aromatic rings. The second-order valence-corrected chi connectivity index (χ2v) is 4.07. The summed E-state index contributed by atoms with van der Waals surface area (Å²) in [4.78, 5) is 4.00. The first-order valence-electron chi connectivity index (χ1n) is 5.02. The summed E-state index contributed by atoms with van der Waals surface area (Å²) in [6.07, 6.45) is 0. The van der Waals surface area contributed by atoms with Gasteiger partial charge in [-0.05, 0) is 30.7 Å². The second kappa shape index (κ2) is 4.51. The van der Waals surface area contributed by atoms with Crippen LogP contribution in [0.2, 0.25) is 5.02 Å². The summed E-state index contributed by atoms with van der Waals surface area (Å²) in [5.74, 6) is 1.14. The molecule has 0 aliphatic heterocycles. The molecule has 0 spiro atoms. The summed E-state index contributed by atoms with van der Waals surface area (Å²) in [7, 11) is 0. The van der Waals surface area contributed by atoms with E-state index in [1.54, 1.807) is 18.2 Å². The van der Waals surface area contributed by atoms with Gasteiger partial charge in [0, 0.05) is 6.07 Å². The average molecular weight is 250 g/mol. The Morgan fingerprint density at radius 3 is 2.59 bits per heavy atom. The standard InChI is InChI=1S/C12H12ClN3O/c1-7-2-4-10(8(13)6-7)17-11-5-3-9(14)12(15)16-11/h2-6H,14H2,1H3,(H2,15,16). The van der Waals surface area contributed by atoms with Crippen molar-refractivity contribution in [2.24, 2.45) is 0 Å². The van der Waals surface area contributed by atoms with Crippen LogP contribution in [0.4, 0.5) is 11.5 Å². The van der Waals surface area contributed by atoms with Gasteiger partial charge in [-0.3, -0.25) is 0 Å². The van der Waals surface area contributed by atoms with E-state index in [9.17, 15) is 0 Å². The highest BCUT2D eigenvalue weighted by atomic mass is 35.5. The number of aryl methyl sites for hydroxylation is 1. The predicted molar refractivity (Wildman–Crippen MR) is 69.3 cm³/mol. The van der Waals surface area contributed by atoms with Crippen LogP contribution in [-0.4, -0.2) is 4.98 Å². The number of ether oxygens (including phenoxy) is 1. The molecule has 1 aromatic heterocycles. The topological polar surface area (TPSA) is 74.2 Å². The average Bonchev–Trinajstić information content (AvgIpc) is 2.27. The van der Waals surface area contributed by atoms with Crippen LogP contribution in [0.1, 0.15) is 5.56 Å². The fourth-order valence-electron chi connectivity index (χ4n) is 1.33. The maximum Gasteiger partial charge on any atom is 0.221 e. The number of nitrogens with two attached hydrogens (primary N) is 2. The molecule has 4 nitrogen and oxygen atoms in total. The number of benzene rings is 1. The Balaban J connectivity index is 2.28. The van der Waals surface area contributed by atoms with E-state index in [1.807, 2.05) is 19.1 Å². The maximum atomic E-state index is 6.04. The van der Waals surface area contributed by atoms with Crippen LogP contribution in [0.5, 0.6) is 11.6 Å². The minimum atomic E-state index is 0.241. The van der Waals surface area contributed by atoms with E-state index < -0.39 is 0 Å². The van der Waals surface area contributed by atoms with Gasteiger partial charge in [0.05, 0.1) is 10.7 Å². The van der Waals surface area contributed by atoms with Crippen LogP contribution in [0.25, 0.3) is 0 Å². The van der Waals surface area contributed by atoms with Crippen molar-refractivity contribution in [1.82, 2.24) is 4.98 Å². The Hall–Kier alpha value is -1.94. The van der Waals surface area contributed by atoms with E-state index in [2.05, 4.69) is 4.98 Å². The fourth-order valence-corrected chi connectivity index (χ4v) is 1.60. The molecule has 0 unspecified atom stereocenters. The molecule has 0 atom stereocenters. The Bertz CT molecular complexity index is 557. The first kappa shape index (κ1) is 11.5. The van der Waals surface area contributed by atoms with E-state index in [0.717, 1.165) is 5.56 Å². The molecule has 5 heteroatoms. The van der Waals surface area contributed by atoms with Gasteiger partial charge < -0.3 is 16.2 Å². The van der Waals surface area contributed by atoms with Gasteiger partial charge in [-0.25, -0.2) is 0 Å². The molecule has 0 saturated heterocycles. The molecular weight excluding hydrogens is 238 g/mol. The van der Waals surface area contributed by atoms with Gasteiger partial charge >= 0.3 is 0 Å². The molecule has 17 heavy (non-hydrogen) atoms. The van der Waals surface area contributed by atoms with Gasteiger partial charge in [0.1, 0.15) is 5.75 Å². The lowest BCUT2D eigenvalue weighted by atomic mass is 10.2. The number of aromatic nitrogens is 1. The van der Waals surface area contributed by atoms with Crippen LogP contribution in [-0.2, 0) is 0 Å².